The van der Waals surface area contributed by atoms with E-state index in [1.807, 2.05) is 19.1 Å². The number of thioether (sulfide) groups is 1. The number of ether oxygens (including phenoxy) is 1. The number of hydrogen-bond donors (Lipinski definition) is 1. The van der Waals surface area contributed by atoms with E-state index in [-0.39, 0.29) is 22.6 Å². The van der Waals surface area contributed by atoms with Crippen molar-refractivity contribution < 1.29 is 22.7 Å². The van der Waals surface area contributed by atoms with Gasteiger partial charge in [-0.25, -0.2) is 8.78 Å². The average Bonchev–Trinajstić information content (AvgIpc) is 3.13. The molecule has 0 saturated heterocycles. The van der Waals surface area contributed by atoms with E-state index in [1.54, 1.807) is 12.1 Å². The van der Waals surface area contributed by atoms with Crippen LogP contribution in [0.25, 0.3) is 11.5 Å². The molecule has 27 heavy (non-hydrogen) atoms. The summed E-state index contributed by atoms with van der Waals surface area (Å²) in [4.78, 5) is 11.9. The topological polar surface area (TPSA) is 77.2 Å². The summed E-state index contributed by atoms with van der Waals surface area (Å²) >= 11 is 1.03. The number of carbonyl (C=O) groups excluding carboxylic acids is 1. The van der Waals surface area contributed by atoms with E-state index in [9.17, 15) is 13.6 Å². The van der Waals surface area contributed by atoms with Gasteiger partial charge in [0.25, 0.3) is 11.1 Å². The molecule has 0 bridgehead atoms. The molecule has 6 nitrogen and oxygen atoms in total. The highest BCUT2D eigenvalue weighted by Gasteiger charge is 2.15. The molecule has 0 spiro atoms. The number of nitrogens with zero attached hydrogens (tertiary/aromatic N) is 2. The molecular formula is C18H15F2N3O3S. The van der Waals surface area contributed by atoms with Gasteiger partial charge in [-0.05, 0) is 31.2 Å². The van der Waals surface area contributed by atoms with Crippen LogP contribution in [0.2, 0.25) is 0 Å². The standard InChI is InChI=1S/C18H15F2N3O3S/c1-2-25-15-6-4-3-5-12(15)17-22-23-18(26-17)27-10-16(24)21-11-7-8-13(19)14(20)9-11/h3-9H,2,10H2,1H3,(H,21,24). The molecule has 2 aromatic carbocycles. The number of anilines is 1. The molecule has 140 valence electrons. The van der Waals surface area contributed by atoms with E-state index in [2.05, 4.69) is 15.5 Å². The summed E-state index contributed by atoms with van der Waals surface area (Å²) in [5.41, 5.74) is 0.821. The number of carbonyl (C=O) groups is 1. The zero-order chi connectivity index (χ0) is 19.2. The number of benzene rings is 2. The van der Waals surface area contributed by atoms with E-state index in [0.29, 0.717) is 17.9 Å². The van der Waals surface area contributed by atoms with Crippen molar-refractivity contribution in [2.75, 3.05) is 17.7 Å². The number of hydrogen-bond acceptors (Lipinski definition) is 6. The number of halogens is 2. The molecule has 0 unspecified atom stereocenters. The second-order valence-corrected chi connectivity index (χ2v) is 6.19. The van der Waals surface area contributed by atoms with Gasteiger partial charge in [0, 0.05) is 11.8 Å². The molecule has 1 N–H and O–H groups in total. The zero-order valence-corrected chi connectivity index (χ0v) is 15.1. The van der Waals surface area contributed by atoms with Crippen LogP contribution in [0, 0.1) is 11.6 Å². The predicted molar refractivity (Wildman–Crippen MR) is 96.6 cm³/mol. The largest absolute Gasteiger partial charge is 0.493 e. The van der Waals surface area contributed by atoms with E-state index >= 15 is 0 Å². The third kappa shape index (κ3) is 4.82. The van der Waals surface area contributed by atoms with Crippen molar-refractivity contribution in [3.8, 4) is 17.2 Å². The lowest BCUT2D eigenvalue weighted by molar-refractivity contribution is -0.113. The Kier molecular flexibility index (Phi) is 6.02. The van der Waals surface area contributed by atoms with Gasteiger partial charge in [-0.3, -0.25) is 4.79 Å². The molecule has 0 radical (unpaired) electrons. The number of rotatable bonds is 7. The highest BCUT2D eigenvalue weighted by molar-refractivity contribution is 7.99. The normalized spacial score (nSPS) is 10.6. The fourth-order valence-electron chi connectivity index (χ4n) is 2.20. The van der Waals surface area contributed by atoms with Gasteiger partial charge in [-0.15, -0.1) is 10.2 Å². The highest BCUT2D eigenvalue weighted by atomic mass is 32.2. The summed E-state index contributed by atoms with van der Waals surface area (Å²) in [6.07, 6.45) is 0. The molecule has 3 aromatic rings. The van der Waals surface area contributed by atoms with Crippen LogP contribution in [0.15, 0.2) is 52.1 Å². The van der Waals surface area contributed by atoms with Gasteiger partial charge in [0.1, 0.15) is 5.75 Å². The monoisotopic (exact) mass is 391 g/mol. The zero-order valence-electron chi connectivity index (χ0n) is 14.2. The molecule has 1 amide bonds. The third-order valence-corrected chi connectivity index (χ3v) is 4.17. The van der Waals surface area contributed by atoms with Crippen molar-refractivity contribution in [2.45, 2.75) is 12.1 Å². The Labute approximate surface area is 157 Å². The molecule has 0 saturated carbocycles. The molecule has 3 rings (SSSR count). The van der Waals surface area contributed by atoms with Crippen LogP contribution in [0.1, 0.15) is 6.92 Å². The molecule has 9 heteroatoms. The maximum absolute atomic E-state index is 13.2. The molecule has 0 aliphatic carbocycles. The lowest BCUT2D eigenvalue weighted by atomic mass is 10.2. The Hall–Kier alpha value is -2.94. The lowest BCUT2D eigenvalue weighted by Gasteiger charge is -2.06. The van der Waals surface area contributed by atoms with E-state index in [1.165, 1.54) is 6.07 Å². The van der Waals surface area contributed by atoms with Gasteiger partial charge in [0.15, 0.2) is 11.6 Å². The van der Waals surface area contributed by atoms with Crippen LogP contribution in [-0.2, 0) is 4.79 Å². The Bertz CT molecular complexity index is 949. The molecule has 1 heterocycles. The summed E-state index contributed by atoms with van der Waals surface area (Å²) < 4.78 is 37.1. The fourth-order valence-corrected chi connectivity index (χ4v) is 2.76. The van der Waals surface area contributed by atoms with Crippen LogP contribution in [0.3, 0.4) is 0 Å². The third-order valence-electron chi connectivity index (χ3n) is 3.35. The molecule has 0 atom stereocenters. The minimum Gasteiger partial charge on any atom is -0.493 e. The number of amides is 1. The van der Waals surface area contributed by atoms with Crippen LogP contribution < -0.4 is 10.1 Å². The van der Waals surface area contributed by atoms with Crippen molar-refractivity contribution >= 4 is 23.4 Å². The maximum Gasteiger partial charge on any atom is 0.277 e. The highest BCUT2D eigenvalue weighted by Crippen LogP contribution is 2.30. The predicted octanol–water partition coefficient (Wildman–Crippen LogP) is 4.14. The maximum atomic E-state index is 13.2. The van der Waals surface area contributed by atoms with Gasteiger partial charge >= 0.3 is 0 Å². The van der Waals surface area contributed by atoms with E-state index in [4.69, 9.17) is 9.15 Å². The van der Waals surface area contributed by atoms with E-state index < -0.39 is 17.5 Å². The Morgan fingerprint density at radius 2 is 2.00 bits per heavy atom. The second-order valence-electron chi connectivity index (χ2n) is 5.27. The first-order valence-corrected chi connectivity index (χ1v) is 8.98. The van der Waals surface area contributed by atoms with Crippen molar-refractivity contribution in [1.29, 1.82) is 0 Å². The Balaban J connectivity index is 1.61. The smallest absolute Gasteiger partial charge is 0.277 e. The van der Waals surface area contributed by atoms with E-state index in [0.717, 1.165) is 23.9 Å². The van der Waals surface area contributed by atoms with Crippen molar-refractivity contribution in [3.05, 3.63) is 54.1 Å². The van der Waals surface area contributed by atoms with Crippen molar-refractivity contribution in [3.63, 3.8) is 0 Å². The Morgan fingerprint density at radius 1 is 1.19 bits per heavy atom. The summed E-state index contributed by atoms with van der Waals surface area (Å²) in [6.45, 7) is 2.37. The number of nitrogens with one attached hydrogen (secondary N) is 1. The second kappa shape index (κ2) is 8.63. The van der Waals surface area contributed by atoms with Gasteiger partial charge in [0.2, 0.25) is 5.91 Å². The van der Waals surface area contributed by atoms with Crippen molar-refractivity contribution in [2.24, 2.45) is 0 Å². The van der Waals surface area contributed by atoms with Gasteiger partial charge in [0.05, 0.1) is 17.9 Å². The molecule has 1 aromatic heterocycles. The minimum atomic E-state index is -1.03. The molecular weight excluding hydrogens is 376 g/mol. The molecule has 0 aliphatic heterocycles. The van der Waals surface area contributed by atoms with Crippen LogP contribution in [0.4, 0.5) is 14.5 Å². The van der Waals surface area contributed by atoms with Gasteiger partial charge < -0.3 is 14.5 Å². The fraction of sp³-hybridized carbons (Fsp3) is 0.167. The first-order chi connectivity index (χ1) is 13.1. The van der Waals surface area contributed by atoms with Crippen LogP contribution in [-0.4, -0.2) is 28.5 Å². The quantitative estimate of drug-likeness (QED) is 0.610. The number of para-hydroxylation sites is 1. The first kappa shape index (κ1) is 18.8. The summed E-state index contributed by atoms with van der Waals surface area (Å²) in [5.74, 6) is -1.56. The van der Waals surface area contributed by atoms with Crippen LogP contribution >= 0.6 is 11.8 Å². The number of aromatic nitrogens is 2. The SMILES string of the molecule is CCOc1ccccc1-c1nnc(SCC(=O)Nc2ccc(F)c(F)c2)o1. The van der Waals surface area contributed by atoms with Crippen LogP contribution in [0.5, 0.6) is 5.75 Å². The Morgan fingerprint density at radius 3 is 2.78 bits per heavy atom. The lowest BCUT2D eigenvalue weighted by Crippen LogP contribution is -2.14. The summed E-state index contributed by atoms with van der Waals surface area (Å²) in [6, 6.07) is 10.4. The average molecular weight is 391 g/mol. The summed E-state index contributed by atoms with van der Waals surface area (Å²) in [7, 11) is 0. The van der Waals surface area contributed by atoms with Gasteiger partial charge in [-0.2, -0.15) is 0 Å². The van der Waals surface area contributed by atoms with Crippen molar-refractivity contribution in [1.82, 2.24) is 10.2 Å². The van der Waals surface area contributed by atoms with Gasteiger partial charge in [-0.1, -0.05) is 23.9 Å². The first-order valence-electron chi connectivity index (χ1n) is 8.00. The molecule has 0 aliphatic rings. The molecule has 0 fully saturated rings. The minimum absolute atomic E-state index is 0.0340. The summed E-state index contributed by atoms with van der Waals surface area (Å²) in [5, 5.41) is 10.5.